The van der Waals surface area contributed by atoms with Gasteiger partial charge in [-0.3, -0.25) is 4.79 Å². The van der Waals surface area contributed by atoms with Gasteiger partial charge in [-0.2, -0.15) is 0 Å². The van der Waals surface area contributed by atoms with Crippen LogP contribution >= 0.6 is 11.6 Å². The fourth-order valence-electron chi connectivity index (χ4n) is 1.07. The first-order chi connectivity index (χ1) is 6.32. The molecule has 0 aliphatic carbocycles. The predicted molar refractivity (Wildman–Crippen MR) is 55.2 cm³/mol. The van der Waals surface area contributed by atoms with Crippen molar-refractivity contribution in [2.45, 2.75) is 20.8 Å². The van der Waals surface area contributed by atoms with Crippen LogP contribution in [-0.4, -0.2) is 5.78 Å². The van der Waals surface area contributed by atoms with Crippen LogP contribution in [-0.2, 0) is 0 Å². The lowest BCUT2D eigenvalue weighted by Gasteiger charge is -2.16. The van der Waals surface area contributed by atoms with E-state index < -0.39 is 11.2 Å². The molecule has 0 aliphatic rings. The number of Topliss-reactive ketones (excluding diaryl/α,β-unsaturated/α-hetero) is 1. The molecule has 1 rings (SSSR count). The molecule has 3 heteroatoms. The van der Waals surface area contributed by atoms with E-state index in [2.05, 4.69) is 0 Å². The minimum Gasteiger partial charge on any atom is -0.294 e. The smallest absolute Gasteiger partial charge is 0.168 e. The highest BCUT2D eigenvalue weighted by Crippen LogP contribution is 2.23. The van der Waals surface area contributed by atoms with E-state index in [-0.39, 0.29) is 10.8 Å². The maximum atomic E-state index is 12.8. The van der Waals surface area contributed by atoms with Crippen LogP contribution < -0.4 is 0 Å². The zero-order chi connectivity index (χ0) is 10.9. The van der Waals surface area contributed by atoms with Gasteiger partial charge in [0.25, 0.3) is 0 Å². The van der Waals surface area contributed by atoms with Crippen molar-refractivity contribution in [3.05, 3.63) is 34.6 Å². The summed E-state index contributed by atoms with van der Waals surface area (Å²) in [4.78, 5) is 11.7. The first-order valence-corrected chi connectivity index (χ1v) is 4.70. The normalized spacial score (nSPS) is 11.5. The first-order valence-electron chi connectivity index (χ1n) is 4.32. The molecule has 0 spiro atoms. The van der Waals surface area contributed by atoms with Gasteiger partial charge in [0.2, 0.25) is 0 Å². The molecule has 0 saturated heterocycles. The molecule has 0 fully saturated rings. The summed E-state index contributed by atoms with van der Waals surface area (Å²) in [6.07, 6.45) is 0. The van der Waals surface area contributed by atoms with Crippen molar-refractivity contribution in [1.29, 1.82) is 0 Å². The van der Waals surface area contributed by atoms with Gasteiger partial charge in [0.05, 0.1) is 5.02 Å². The molecule has 0 unspecified atom stereocenters. The lowest BCUT2D eigenvalue weighted by atomic mass is 9.86. The molecule has 1 aromatic carbocycles. The van der Waals surface area contributed by atoms with Gasteiger partial charge in [0.1, 0.15) is 5.82 Å². The molecule has 0 amide bonds. The van der Waals surface area contributed by atoms with E-state index in [0.717, 1.165) is 0 Å². The number of ketones is 1. The second-order valence-electron chi connectivity index (χ2n) is 4.21. The molecule has 76 valence electrons. The van der Waals surface area contributed by atoms with Crippen LogP contribution in [0.3, 0.4) is 0 Å². The number of carbonyl (C=O) groups is 1. The maximum Gasteiger partial charge on any atom is 0.168 e. The lowest BCUT2D eigenvalue weighted by molar-refractivity contribution is 0.0858. The molecule has 0 atom stereocenters. The van der Waals surface area contributed by atoms with Crippen LogP contribution in [0.1, 0.15) is 31.1 Å². The van der Waals surface area contributed by atoms with E-state index in [1.54, 1.807) is 0 Å². The quantitative estimate of drug-likeness (QED) is 0.652. The molecular formula is C11H12ClFO. The van der Waals surface area contributed by atoms with Gasteiger partial charge in [-0.25, -0.2) is 4.39 Å². The zero-order valence-corrected chi connectivity index (χ0v) is 9.15. The minimum absolute atomic E-state index is 0.0138. The molecule has 0 bridgehead atoms. The molecule has 0 saturated carbocycles. The van der Waals surface area contributed by atoms with Gasteiger partial charge < -0.3 is 0 Å². The molecule has 0 N–H and O–H groups in total. The Hall–Kier alpha value is -0.890. The van der Waals surface area contributed by atoms with Gasteiger partial charge in [0.15, 0.2) is 5.78 Å². The number of hydrogen-bond donors (Lipinski definition) is 0. The van der Waals surface area contributed by atoms with Crippen molar-refractivity contribution in [1.82, 2.24) is 0 Å². The summed E-state index contributed by atoms with van der Waals surface area (Å²) in [5.41, 5.74) is -0.0230. The summed E-state index contributed by atoms with van der Waals surface area (Å²) in [5, 5.41) is -0.0138. The highest BCUT2D eigenvalue weighted by atomic mass is 35.5. The third-order valence-electron chi connectivity index (χ3n) is 1.86. The Morgan fingerprint density at radius 2 is 1.93 bits per heavy atom. The van der Waals surface area contributed by atoms with Crippen LogP contribution in [0.15, 0.2) is 18.2 Å². The molecule has 14 heavy (non-hydrogen) atoms. The van der Waals surface area contributed by atoms with Crippen LogP contribution in [0, 0.1) is 11.2 Å². The predicted octanol–water partition coefficient (Wildman–Crippen LogP) is 3.71. The van der Waals surface area contributed by atoms with Crippen molar-refractivity contribution in [2.75, 3.05) is 0 Å². The van der Waals surface area contributed by atoms with Crippen LogP contribution in [0.5, 0.6) is 0 Å². The van der Waals surface area contributed by atoms with E-state index in [1.807, 2.05) is 20.8 Å². The third-order valence-corrected chi connectivity index (χ3v) is 2.15. The van der Waals surface area contributed by atoms with Gasteiger partial charge in [0, 0.05) is 11.0 Å². The van der Waals surface area contributed by atoms with Crippen molar-refractivity contribution >= 4 is 17.4 Å². The van der Waals surface area contributed by atoms with Crippen molar-refractivity contribution in [3.8, 4) is 0 Å². The maximum absolute atomic E-state index is 12.8. The summed E-state index contributed by atoms with van der Waals surface area (Å²) in [7, 11) is 0. The zero-order valence-electron chi connectivity index (χ0n) is 8.40. The summed E-state index contributed by atoms with van der Waals surface area (Å²) in [6.45, 7) is 5.44. The fraction of sp³-hybridized carbons (Fsp3) is 0.364. The van der Waals surface area contributed by atoms with E-state index in [9.17, 15) is 9.18 Å². The highest BCUT2D eigenvalue weighted by Gasteiger charge is 2.23. The van der Waals surface area contributed by atoms with E-state index in [1.165, 1.54) is 18.2 Å². The van der Waals surface area contributed by atoms with Crippen LogP contribution in [0.2, 0.25) is 5.02 Å². The number of hydrogen-bond acceptors (Lipinski definition) is 1. The average Bonchev–Trinajstić information content (AvgIpc) is 2.07. The monoisotopic (exact) mass is 214 g/mol. The number of rotatable bonds is 1. The van der Waals surface area contributed by atoms with Crippen LogP contribution in [0.4, 0.5) is 4.39 Å². The molecule has 0 heterocycles. The molecule has 0 aliphatic heterocycles. The van der Waals surface area contributed by atoms with E-state index >= 15 is 0 Å². The SMILES string of the molecule is CC(C)(C)C(=O)c1ccc(F)c(Cl)c1. The first kappa shape index (κ1) is 11.2. The molecule has 0 radical (unpaired) electrons. The van der Waals surface area contributed by atoms with Gasteiger partial charge in [-0.1, -0.05) is 32.4 Å². The van der Waals surface area contributed by atoms with E-state index in [0.29, 0.717) is 5.56 Å². The van der Waals surface area contributed by atoms with Crippen molar-refractivity contribution in [3.63, 3.8) is 0 Å². The summed E-state index contributed by atoms with van der Waals surface area (Å²) < 4.78 is 12.8. The summed E-state index contributed by atoms with van der Waals surface area (Å²) in [6, 6.07) is 4.03. The largest absolute Gasteiger partial charge is 0.294 e. The Morgan fingerprint density at radius 1 is 1.36 bits per heavy atom. The average molecular weight is 215 g/mol. The second kappa shape index (κ2) is 3.70. The molecular weight excluding hydrogens is 203 g/mol. The third kappa shape index (κ3) is 2.32. The Labute approximate surface area is 87.9 Å². The van der Waals surface area contributed by atoms with E-state index in [4.69, 9.17) is 11.6 Å². The highest BCUT2D eigenvalue weighted by molar-refractivity contribution is 6.31. The topological polar surface area (TPSA) is 17.1 Å². The lowest BCUT2D eigenvalue weighted by Crippen LogP contribution is -2.20. The Balaban J connectivity index is 3.10. The Morgan fingerprint density at radius 3 is 2.36 bits per heavy atom. The molecule has 0 aromatic heterocycles. The fourth-order valence-corrected chi connectivity index (χ4v) is 1.25. The summed E-state index contributed by atoms with van der Waals surface area (Å²) >= 11 is 5.58. The summed E-state index contributed by atoms with van der Waals surface area (Å²) in [5.74, 6) is -0.545. The number of halogens is 2. The van der Waals surface area contributed by atoms with Crippen LogP contribution in [0.25, 0.3) is 0 Å². The second-order valence-corrected chi connectivity index (χ2v) is 4.62. The number of carbonyl (C=O) groups excluding carboxylic acids is 1. The number of benzene rings is 1. The Bertz CT molecular complexity index is 366. The van der Waals surface area contributed by atoms with Gasteiger partial charge >= 0.3 is 0 Å². The molecule has 1 nitrogen and oxygen atoms in total. The van der Waals surface area contributed by atoms with Gasteiger partial charge in [-0.15, -0.1) is 0 Å². The Kier molecular flexibility index (Phi) is 2.95. The molecule has 1 aromatic rings. The van der Waals surface area contributed by atoms with Crippen molar-refractivity contribution < 1.29 is 9.18 Å². The van der Waals surface area contributed by atoms with Gasteiger partial charge in [-0.05, 0) is 18.2 Å². The van der Waals surface area contributed by atoms with Crippen molar-refractivity contribution in [2.24, 2.45) is 5.41 Å². The minimum atomic E-state index is -0.503. The standard InChI is InChI=1S/C11H12ClFO/c1-11(2,3)10(14)7-4-5-9(13)8(12)6-7/h4-6H,1-3H3.